The average Bonchev–Trinajstić information content (AvgIpc) is 2.58. The molecule has 0 amide bonds. The fourth-order valence-electron chi connectivity index (χ4n) is 1.97. The van der Waals surface area contributed by atoms with Gasteiger partial charge < -0.3 is 14.8 Å². The molecule has 4 nitrogen and oxygen atoms in total. The smallest absolute Gasteiger partial charge is 0.117 e. The van der Waals surface area contributed by atoms with Crippen molar-refractivity contribution in [1.82, 2.24) is 10.2 Å². The van der Waals surface area contributed by atoms with Crippen LogP contribution in [0.1, 0.15) is 12.7 Å². The molecule has 0 aliphatic carbocycles. The van der Waals surface area contributed by atoms with Crippen LogP contribution in [0.25, 0.3) is 0 Å². The highest BCUT2D eigenvalue weighted by Gasteiger charge is 2.26. The van der Waals surface area contributed by atoms with Crippen LogP contribution in [0.2, 0.25) is 0 Å². The van der Waals surface area contributed by atoms with Gasteiger partial charge in [0.05, 0.1) is 18.4 Å². The lowest BCUT2D eigenvalue weighted by Gasteiger charge is -2.27. The molecule has 1 aliphatic heterocycles. The first-order valence-corrected chi connectivity index (χ1v) is 5.34. The Kier molecular flexibility index (Phi) is 3.09. The van der Waals surface area contributed by atoms with E-state index in [1.165, 1.54) is 0 Å². The van der Waals surface area contributed by atoms with Crippen LogP contribution < -0.4 is 5.32 Å². The molecular formula is C11H18N2O2. The minimum absolute atomic E-state index is 0.650. The van der Waals surface area contributed by atoms with Crippen molar-refractivity contribution in [2.24, 2.45) is 0 Å². The van der Waals surface area contributed by atoms with Gasteiger partial charge in [-0.3, -0.25) is 4.90 Å². The number of nitrogens with zero attached hydrogens (tertiary/aromatic N) is 1. The topological polar surface area (TPSA) is 48.6 Å². The van der Waals surface area contributed by atoms with Gasteiger partial charge in [0.1, 0.15) is 5.76 Å². The lowest BCUT2D eigenvalue weighted by atomic mass is 10.1. The number of rotatable bonds is 2. The number of hydrogen-bond donors (Lipinski definition) is 2. The molecule has 84 valence electrons. The van der Waals surface area contributed by atoms with Crippen molar-refractivity contribution in [2.45, 2.75) is 19.1 Å². The van der Waals surface area contributed by atoms with E-state index >= 15 is 0 Å². The van der Waals surface area contributed by atoms with Gasteiger partial charge in [0.25, 0.3) is 0 Å². The number of β-amino-alcohol motifs (C(OH)–C–C–N with tert-alkyl or cyclic N) is 1. The van der Waals surface area contributed by atoms with Crippen LogP contribution in [0.4, 0.5) is 0 Å². The zero-order valence-electron chi connectivity index (χ0n) is 9.07. The summed E-state index contributed by atoms with van der Waals surface area (Å²) in [7, 11) is 0. The maximum Gasteiger partial charge on any atom is 0.117 e. The summed E-state index contributed by atoms with van der Waals surface area (Å²) in [5, 5.41) is 13.2. The lowest BCUT2D eigenvalue weighted by molar-refractivity contribution is 0.0305. The first-order valence-electron chi connectivity index (χ1n) is 5.34. The quantitative estimate of drug-likeness (QED) is 0.743. The molecule has 0 spiro atoms. The molecular weight excluding hydrogens is 192 g/mol. The normalized spacial score (nSPS) is 28.9. The molecule has 2 heterocycles. The van der Waals surface area contributed by atoms with Gasteiger partial charge in [0.2, 0.25) is 0 Å². The van der Waals surface area contributed by atoms with E-state index in [2.05, 4.69) is 10.2 Å². The highest BCUT2D eigenvalue weighted by atomic mass is 16.3. The first kappa shape index (κ1) is 10.7. The third-order valence-electron chi connectivity index (χ3n) is 2.63. The molecule has 0 saturated carbocycles. The average molecular weight is 210 g/mol. The van der Waals surface area contributed by atoms with Gasteiger partial charge in [0, 0.05) is 26.2 Å². The molecule has 1 unspecified atom stereocenters. The molecule has 1 aliphatic rings. The van der Waals surface area contributed by atoms with Crippen molar-refractivity contribution >= 4 is 0 Å². The minimum atomic E-state index is -0.650. The van der Waals surface area contributed by atoms with E-state index in [9.17, 15) is 5.11 Å². The molecule has 0 bridgehead atoms. The summed E-state index contributed by atoms with van der Waals surface area (Å²) in [6.45, 7) is 5.82. The Hall–Kier alpha value is -0.840. The summed E-state index contributed by atoms with van der Waals surface area (Å²) in [6, 6.07) is 3.86. The monoisotopic (exact) mass is 210 g/mol. The molecule has 1 atom stereocenters. The highest BCUT2D eigenvalue weighted by molar-refractivity contribution is 4.98. The summed E-state index contributed by atoms with van der Waals surface area (Å²) in [6.07, 6.45) is 1.68. The van der Waals surface area contributed by atoms with Crippen molar-refractivity contribution in [3.05, 3.63) is 24.2 Å². The van der Waals surface area contributed by atoms with Gasteiger partial charge in [-0.1, -0.05) is 0 Å². The van der Waals surface area contributed by atoms with Crippen molar-refractivity contribution in [3.63, 3.8) is 0 Å². The molecule has 2 rings (SSSR count). The SMILES string of the molecule is CC1(O)CNCCN(Cc2ccco2)C1. The summed E-state index contributed by atoms with van der Waals surface area (Å²) in [4.78, 5) is 2.21. The molecule has 1 aromatic heterocycles. The van der Waals surface area contributed by atoms with E-state index in [0.717, 1.165) is 25.4 Å². The Labute approximate surface area is 89.9 Å². The predicted molar refractivity (Wildman–Crippen MR) is 57.5 cm³/mol. The fraction of sp³-hybridized carbons (Fsp3) is 0.636. The second-order valence-corrected chi connectivity index (χ2v) is 4.46. The van der Waals surface area contributed by atoms with Crippen molar-refractivity contribution < 1.29 is 9.52 Å². The number of furan rings is 1. The first-order chi connectivity index (χ1) is 7.16. The second-order valence-electron chi connectivity index (χ2n) is 4.46. The minimum Gasteiger partial charge on any atom is -0.468 e. The van der Waals surface area contributed by atoms with Gasteiger partial charge in [-0.15, -0.1) is 0 Å². The molecule has 0 radical (unpaired) electrons. The van der Waals surface area contributed by atoms with Crippen LogP contribution in [0.5, 0.6) is 0 Å². The summed E-state index contributed by atoms with van der Waals surface area (Å²) < 4.78 is 5.30. The maximum atomic E-state index is 10.0. The molecule has 4 heteroatoms. The van der Waals surface area contributed by atoms with E-state index in [1.54, 1.807) is 6.26 Å². The van der Waals surface area contributed by atoms with Gasteiger partial charge in [-0.05, 0) is 19.1 Å². The van der Waals surface area contributed by atoms with E-state index < -0.39 is 5.60 Å². The van der Waals surface area contributed by atoms with E-state index in [1.807, 2.05) is 19.1 Å². The standard InChI is InChI=1S/C11H18N2O2/c1-11(14)8-12-4-5-13(9-11)7-10-3-2-6-15-10/h2-3,6,12,14H,4-5,7-9H2,1H3. The van der Waals surface area contributed by atoms with E-state index in [0.29, 0.717) is 13.1 Å². The predicted octanol–water partition coefficient (Wildman–Crippen LogP) is 0.436. The molecule has 15 heavy (non-hydrogen) atoms. The molecule has 1 saturated heterocycles. The van der Waals surface area contributed by atoms with Crippen molar-refractivity contribution in [3.8, 4) is 0 Å². The van der Waals surface area contributed by atoms with Crippen LogP contribution in [-0.2, 0) is 6.54 Å². The molecule has 1 fully saturated rings. The van der Waals surface area contributed by atoms with E-state index in [-0.39, 0.29) is 0 Å². The van der Waals surface area contributed by atoms with Crippen LogP contribution in [-0.4, -0.2) is 41.8 Å². The third kappa shape index (κ3) is 3.06. The van der Waals surface area contributed by atoms with Gasteiger partial charge in [-0.25, -0.2) is 0 Å². The summed E-state index contributed by atoms with van der Waals surface area (Å²) >= 11 is 0. The number of aliphatic hydroxyl groups is 1. The Morgan fingerprint density at radius 1 is 1.67 bits per heavy atom. The maximum absolute atomic E-state index is 10.0. The Morgan fingerprint density at radius 2 is 2.53 bits per heavy atom. The lowest BCUT2D eigenvalue weighted by Crippen LogP contribution is -2.42. The Bertz CT molecular complexity index is 296. The molecule has 0 aromatic carbocycles. The van der Waals surface area contributed by atoms with Crippen LogP contribution in [0.15, 0.2) is 22.8 Å². The third-order valence-corrected chi connectivity index (χ3v) is 2.63. The molecule has 2 N–H and O–H groups in total. The van der Waals surface area contributed by atoms with Crippen molar-refractivity contribution in [2.75, 3.05) is 26.2 Å². The molecule has 1 aromatic rings. The summed E-state index contributed by atoms with van der Waals surface area (Å²) in [5.41, 5.74) is -0.650. The Morgan fingerprint density at radius 3 is 3.27 bits per heavy atom. The second kappa shape index (κ2) is 4.35. The van der Waals surface area contributed by atoms with Crippen molar-refractivity contribution in [1.29, 1.82) is 0 Å². The van der Waals surface area contributed by atoms with Crippen LogP contribution in [0.3, 0.4) is 0 Å². The zero-order valence-corrected chi connectivity index (χ0v) is 9.07. The van der Waals surface area contributed by atoms with Gasteiger partial charge >= 0.3 is 0 Å². The zero-order chi connectivity index (χ0) is 10.7. The summed E-state index contributed by atoms with van der Waals surface area (Å²) in [5.74, 6) is 0.952. The van der Waals surface area contributed by atoms with Gasteiger partial charge in [0.15, 0.2) is 0 Å². The van der Waals surface area contributed by atoms with E-state index in [4.69, 9.17) is 4.42 Å². The number of nitrogens with one attached hydrogen (secondary N) is 1. The van der Waals surface area contributed by atoms with Crippen LogP contribution >= 0.6 is 0 Å². The number of hydrogen-bond acceptors (Lipinski definition) is 4. The van der Waals surface area contributed by atoms with Crippen LogP contribution in [0, 0.1) is 0 Å². The fourth-order valence-corrected chi connectivity index (χ4v) is 1.97. The Balaban J connectivity index is 1.96. The largest absolute Gasteiger partial charge is 0.468 e. The highest BCUT2D eigenvalue weighted by Crippen LogP contribution is 2.12. The van der Waals surface area contributed by atoms with Gasteiger partial charge in [-0.2, -0.15) is 0 Å².